The Bertz CT molecular complexity index is 500. The third-order valence-electron chi connectivity index (χ3n) is 3.04. The highest BCUT2D eigenvalue weighted by atomic mass is 15.3. The fourth-order valence-electron chi connectivity index (χ4n) is 1.89. The highest BCUT2D eigenvalue weighted by Crippen LogP contribution is 2.18. The summed E-state index contributed by atoms with van der Waals surface area (Å²) in [7, 11) is 0. The van der Waals surface area contributed by atoms with Crippen molar-refractivity contribution in [2.75, 3.05) is 17.3 Å². The average Bonchev–Trinajstić information content (AvgIpc) is 2.48. The first-order chi connectivity index (χ1) is 9.29. The summed E-state index contributed by atoms with van der Waals surface area (Å²) in [5, 5.41) is 3.27. The second-order valence-electron chi connectivity index (χ2n) is 4.44. The van der Waals surface area contributed by atoms with Crippen LogP contribution >= 0.6 is 0 Å². The molecule has 1 heterocycles. The maximum absolute atomic E-state index is 5.27. The van der Waals surface area contributed by atoms with Crippen molar-refractivity contribution in [1.29, 1.82) is 0 Å². The van der Waals surface area contributed by atoms with E-state index < -0.39 is 0 Å². The summed E-state index contributed by atoms with van der Waals surface area (Å²) in [6, 6.07) is 12.3. The molecule has 1 atom stereocenters. The molecule has 0 amide bonds. The molecule has 0 aliphatic rings. The highest BCUT2D eigenvalue weighted by Gasteiger charge is 2.04. The predicted molar refractivity (Wildman–Crippen MR) is 77.8 cm³/mol. The molecule has 19 heavy (non-hydrogen) atoms. The molecule has 2 aromatic rings. The zero-order valence-corrected chi connectivity index (χ0v) is 11.0. The van der Waals surface area contributed by atoms with Gasteiger partial charge in [-0.1, -0.05) is 37.3 Å². The normalized spacial score (nSPS) is 11.9. The van der Waals surface area contributed by atoms with E-state index in [1.807, 2.05) is 12.1 Å². The van der Waals surface area contributed by atoms with Crippen molar-refractivity contribution < 1.29 is 0 Å². The van der Waals surface area contributed by atoms with Crippen molar-refractivity contribution in [2.24, 2.45) is 5.84 Å². The number of benzene rings is 1. The van der Waals surface area contributed by atoms with E-state index in [1.54, 1.807) is 6.20 Å². The smallest absolute Gasteiger partial charge is 0.239 e. The van der Waals surface area contributed by atoms with E-state index in [1.165, 1.54) is 5.56 Å². The van der Waals surface area contributed by atoms with Crippen LogP contribution in [-0.4, -0.2) is 16.5 Å². The average molecular weight is 257 g/mol. The SMILES string of the molecule is CC(CCNc1ccnc(NN)n1)c1ccccc1. The first-order valence-electron chi connectivity index (χ1n) is 6.38. The van der Waals surface area contributed by atoms with Crippen LogP contribution in [0.3, 0.4) is 0 Å². The maximum atomic E-state index is 5.27. The zero-order chi connectivity index (χ0) is 13.5. The molecule has 1 aromatic carbocycles. The molecule has 1 unspecified atom stereocenters. The summed E-state index contributed by atoms with van der Waals surface area (Å²) in [6.07, 6.45) is 2.71. The van der Waals surface area contributed by atoms with Crippen LogP contribution in [0.5, 0.6) is 0 Å². The lowest BCUT2D eigenvalue weighted by molar-refractivity contribution is 0.705. The molecule has 0 spiro atoms. The summed E-state index contributed by atoms with van der Waals surface area (Å²) in [4.78, 5) is 8.16. The van der Waals surface area contributed by atoms with Gasteiger partial charge in [0.2, 0.25) is 5.95 Å². The van der Waals surface area contributed by atoms with Gasteiger partial charge in [-0.15, -0.1) is 0 Å². The van der Waals surface area contributed by atoms with E-state index in [2.05, 4.69) is 51.9 Å². The Kier molecular flexibility index (Phi) is 4.69. The Labute approximate surface area is 113 Å². The predicted octanol–water partition coefficient (Wildman–Crippen LogP) is 2.37. The van der Waals surface area contributed by atoms with Crippen molar-refractivity contribution in [3.8, 4) is 0 Å². The lowest BCUT2D eigenvalue weighted by Gasteiger charge is -2.12. The van der Waals surface area contributed by atoms with E-state index in [0.717, 1.165) is 18.8 Å². The fraction of sp³-hybridized carbons (Fsp3) is 0.286. The van der Waals surface area contributed by atoms with Crippen molar-refractivity contribution >= 4 is 11.8 Å². The lowest BCUT2D eigenvalue weighted by Crippen LogP contribution is -2.12. The molecule has 2 rings (SSSR count). The molecule has 4 N–H and O–H groups in total. The van der Waals surface area contributed by atoms with E-state index in [4.69, 9.17) is 5.84 Å². The minimum atomic E-state index is 0.418. The Morgan fingerprint density at radius 1 is 1.21 bits per heavy atom. The largest absolute Gasteiger partial charge is 0.370 e. The molecule has 100 valence electrons. The molecule has 0 fully saturated rings. The summed E-state index contributed by atoms with van der Waals surface area (Å²) < 4.78 is 0. The standard InChI is InChI=1S/C14H19N5/c1-11(12-5-3-2-4-6-12)7-9-16-13-8-10-17-14(18-13)19-15/h2-6,8,10-11H,7,9,15H2,1H3,(H2,16,17,18,19). The molecule has 0 aliphatic heterocycles. The van der Waals surface area contributed by atoms with E-state index in [-0.39, 0.29) is 0 Å². The third kappa shape index (κ3) is 3.93. The second kappa shape index (κ2) is 6.70. The molecule has 0 aliphatic carbocycles. The van der Waals surface area contributed by atoms with Gasteiger partial charge in [0.15, 0.2) is 0 Å². The van der Waals surface area contributed by atoms with Gasteiger partial charge in [0.1, 0.15) is 5.82 Å². The van der Waals surface area contributed by atoms with Crippen molar-refractivity contribution in [3.63, 3.8) is 0 Å². The summed E-state index contributed by atoms with van der Waals surface area (Å²) in [6.45, 7) is 3.08. The van der Waals surface area contributed by atoms with Gasteiger partial charge in [0.05, 0.1) is 0 Å². The van der Waals surface area contributed by atoms with Crippen LogP contribution in [0.2, 0.25) is 0 Å². The number of hydrogen-bond donors (Lipinski definition) is 3. The van der Waals surface area contributed by atoms with Gasteiger partial charge >= 0.3 is 0 Å². The van der Waals surface area contributed by atoms with Crippen molar-refractivity contribution in [3.05, 3.63) is 48.2 Å². The number of nitrogens with one attached hydrogen (secondary N) is 2. The number of anilines is 2. The summed E-state index contributed by atoms with van der Waals surface area (Å²) in [5.41, 5.74) is 3.79. The molecule has 5 heteroatoms. The van der Waals surface area contributed by atoms with Gasteiger partial charge in [0.25, 0.3) is 0 Å². The van der Waals surface area contributed by atoms with Crippen molar-refractivity contribution in [1.82, 2.24) is 9.97 Å². The minimum absolute atomic E-state index is 0.418. The van der Waals surface area contributed by atoms with E-state index in [0.29, 0.717) is 11.9 Å². The van der Waals surface area contributed by atoms with Gasteiger partial charge in [-0.3, -0.25) is 5.43 Å². The Morgan fingerprint density at radius 3 is 2.74 bits per heavy atom. The Hall–Kier alpha value is -2.14. The van der Waals surface area contributed by atoms with Crippen LogP contribution in [0.15, 0.2) is 42.6 Å². The van der Waals surface area contributed by atoms with Gasteiger partial charge in [-0.25, -0.2) is 10.8 Å². The Morgan fingerprint density at radius 2 is 2.00 bits per heavy atom. The molecule has 1 aromatic heterocycles. The molecule has 0 radical (unpaired) electrons. The first kappa shape index (κ1) is 13.3. The zero-order valence-electron chi connectivity index (χ0n) is 11.0. The monoisotopic (exact) mass is 257 g/mol. The topological polar surface area (TPSA) is 75.9 Å². The maximum Gasteiger partial charge on any atom is 0.239 e. The molecule has 5 nitrogen and oxygen atoms in total. The van der Waals surface area contributed by atoms with Crippen LogP contribution in [0.1, 0.15) is 24.8 Å². The van der Waals surface area contributed by atoms with Gasteiger partial charge < -0.3 is 5.32 Å². The number of hydrazine groups is 1. The molecular formula is C14H19N5. The van der Waals surface area contributed by atoms with Crippen LogP contribution < -0.4 is 16.6 Å². The van der Waals surface area contributed by atoms with E-state index >= 15 is 0 Å². The van der Waals surface area contributed by atoms with Crippen LogP contribution in [-0.2, 0) is 0 Å². The number of nitrogens with two attached hydrogens (primary N) is 1. The molecular weight excluding hydrogens is 238 g/mol. The molecule has 0 saturated carbocycles. The highest BCUT2D eigenvalue weighted by molar-refractivity contribution is 5.38. The molecule has 0 saturated heterocycles. The van der Waals surface area contributed by atoms with Crippen LogP contribution in [0.25, 0.3) is 0 Å². The lowest BCUT2D eigenvalue weighted by atomic mass is 9.98. The van der Waals surface area contributed by atoms with Crippen LogP contribution in [0, 0.1) is 0 Å². The van der Waals surface area contributed by atoms with Crippen molar-refractivity contribution in [2.45, 2.75) is 19.3 Å². The molecule has 0 bridgehead atoms. The van der Waals surface area contributed by atoms with E-state index in [9.17, 15) is 0 Å². The van der Waals surface area contributed by atoms with Gasteiger partial charge in [-0.2, -0.15) is 4.98 Å². The Balaban J connectivity index is 1.83. The van der Waals surface area contributed by atoms with Gasteiger partial charge in [0, 0.05) is 12.7 Å². The second-order valence-corrected chi connectivity index (χ2v) is 4.44. The first-order valence-corrected chi connectivity index (χ1v) is 6.38. The third-order valence-corrected chi connectivity index (χ3v) is 3.04. The van der Waals surface area contributed by atoms with Gasteiger partial charge in [-0.05, 0) is 24.0 Å². The minimum Gasteiger partial charge on any atom is -0.370 e. The summed E-state index contributed by atoms with van der Waals surface area (Å²) >= 11 is 0. The fourth-order valence-corrected chi connectivity index (χ4v) is 1.89. The number of aromatic nitrogens is 2. The number of rotatable bonds is 6. The number of nitrogens with zero attached hydrogens (tertiary/aromatic N) is 2. The van der Waals surface area contributed by atoms with Crippen LogP contribution in [0.4, 0.5) is 11.8 Å². The summed E-state index contributed by atoms with van der Waals surface area (Å²) in [5.74, 6) is 6.98. The number of nitrogen functional groups attached to an aromatic ring is 1. The number of hydrogen-bond acceptors (Lipinski definition) is 5. The quantitative estimate of drug-likeness (QED) is 0.547.